The number of carbonyl (C=O) groups is 2. The van der Waals surface area contributed by atoms with Crippen LogP contribution in [0.4, 0.5) is 0 Å². The van der Waals surface area contributed by atoms with Gasteiger partial charge >= 0.3 is 11.9 Å². The van der Waals surface area contributed by atoms with Crippen LogP contribution in [0.25, 0.3) is 0 Å². The molecule has 0 aromatic rings. The molecule has 0 bridgehead atoms. The Morgan fingerprint density at radius 2 is 2.00 bits per heavy atom. The molecule has 0 spiro atoms. The fourth-order valence-corrected chi connectivity index (χ4v) is 2.27. The van der Waals surface area contributed by atoms with Crippen LogP contribution < -0.4 is 0 Å². The van der Waals surface area contributed by atoms with E-state index in [2.05, 4.69) is 0 Å². The van der Waals surface area contributed by atoms with E-state index in [0.717, 1.165) is 0 Å². The quantitative estimate of drug-likeness (QED) is 0.685. The maximum atomic E-state index is 12.1. The summed E-state index contributed by atoms with van der Waals surface area (Å²) in [7, 11) is 1.31. The van der Waals surface area contributed by atoms with Crippen molar-refractivity contribution in [2.24, 2.45) is 5.92 Å². The van der Waals surface area contributed by atoms with Crippen LogP contribution in [0, 0.1) is 5.92 Å². The van der Waals surface area contributed by atoms with E-state index in [1.54, 1.807) is 24.3 Å². The van der Waals surface area contributed by atoms with Crippen molar-refractivity contribution in [1.29, 1.82) is 0 Å². The van der Waals surface area contributed by atoms with Gasteiger partial charge in [-0.05, 0) is 26.0 Å². The zero-order valence-electron chi connectivity index (χ0n) is 11.8. The molecule has 2 rings (SSSR count). The number of ether oxygens (including phenoxy) is 3. The summed E-state index contributed by atoms with van der Waals surface area (Å²) in [6.45, 7) is 3.74. The number of methoxy groups -OCH3 is 1. The lowest BCUT2D eigenvalue weighted by atomic mass is 10.0. The summed E-state index contributed by atoms with van der Waals surface area (Å²) in [5.74, 6) is -1.05. The van der Waals surface area contributed by atoms with Crippen LogP contribution in [0.1, 0.15) is 20.3 Å². The molecule has 108 valence electrons. The van der Waals surface area contributed by atoms with Crippen molar-refractivity contribution in [3.63, 3.8) is 0 Å². The maximum Gasteiger partial charge on any atom is 0.337 e. The lowest BCUT2D eigenvalue weighted by Crippen LogP contribution is -2.31. The van der Waals surface area contributed by atoms with Gasteiger partial charge in [0.2, 0.25) is 0 Å². The summed E-state index contributed by atoms with van der Waals surface area (Å²) in [6, 6.07) is 0. The van der Waals surface area contributed by atoms with Crippen molar-refractivity contribution in [2.75, 3.05) is 7.11 Å². The summed E-state index contributed by atoms with van der Waals surface area (Å²) < 4.78 is 15.9. The third-order valence-electron chi connectivity index (χ3n) is 3.18. The first-order valence-corrected chi connectivity index (χ1v) is 6.56. The van der Waals surface area contributed by atoms with Crippen LogP contribution in [0.15, 0.2) is 35.6 Å². The monoisotopic (exact) mass is 278 g/mol. The van der Waals surface area contributed by atoms with Gasteiger partial charge in [-0.25, -0.2) is 4.79 Å². The van der Waals surface area contributed by atoms with Crippen LogP contribution in [0.2, 0.25) is 0 Å². The van der Waals surface area contributed by atoms with E-state index < -0.39 is 11.9 Å². The Hall–Kier alpha value is -2.04. The molecule has 1 saturated heterocycles. The Morgan fingerprint density at radius 1 is 1.30 bits per heavy atom. The van der Waals surface area contributed by atoms with E-state index in [1.807, 2.05) is 13.8 Å². The Labute approximate surface area is 117 Å². The summed E-state index contributed by atoms with van der Waals surface area (Å²) in [5, 5.41) is 0. The highest BCUT2D eigenvalue weighted by atomic mass is 16.6. The van der Waals surface area contributed by atoms with E-state index in [0.29, 0.717) is 17.8 Å². The minimum atomic E-state index is -0.626. The topological polar surface area (TPSA) is 61.8 Å². The van der Waals surface area contributed by atoms with Crippen molar-refractivity contribution < 1.29 is 23.8 Å². The summed E-state index contributed by atoms with van der Waals surface area (Å²) in [5.41, 5.74) is 0.342. The van der Waals surface area contributed by atoms with Crippen LogP contribution >= 0.6 is 0 Å². The smallest absolute Gasteiger partial charge is 0.337 e. The molecule has 1 aliphatic heterocycles. The van der Waals surface area contributed by atoms with Gasteiger partial charge in [0.1, 0.15) is 17.8 Å². The molecule has 1 fully saturated rings. The lowest BCUT2D eigenvalue weighted by Gasteiger charge is -2.28. The summed E-state index contributed by atoms with van der Waals surface area (Å²) >= 11 is 0. The first-order valence-electron chi connectivity index (χ1n) is 6.56. The molecular weight excluding hydrogens is 260 g/mol. The maximum absolute atomic E-state index is 12.1. The number of rotatable bonds is 1. The molecule has 0 radical (unpaired) electrons. The molecule has 0 aromatic carbocycles. The van der Waals surface area contributed by atoms with Crippen molar-refractivity contribution in [3.8, 4) is 0 Å². The lowest BCUT2D eigenvalue weighted by molar-refractivity contribution is -0.156. The molecule has 20 heavy (non-hydrogen) atoms. The van der Waals surface area contributed by atoms with E-state index >= 15 is 0 Å². The predicted octanol–water partition coefficient (Wildman–Crippen LogP) is 1.90. The predicted molar refractivity (Wildman–Crippen MR) is 71.5 cm³/mol. The summed E-state index contributed by atoms with van der Waals surface area (Å²) in [6.07, 6.45) is 6.76. The van der Waals surface area contributed by atoms with Gasteiger partial charge in [0.25, 0.3) is 0 Å². The SMILES string of the molecule is COC(=O)C1=CC=C[C@@H]2C(=O)O[C@H](C)C[C@H](C)OC2=C1. The number of allylic oxidation sites excluding steroid dienone is 2. The van der Waals surface area contributed by atoms with Gasteiger partial charge in [0, 0.05) is 6.42 Å². The molecule has 5 nitrogen and oxygen atoms in total. The number of hydrogen-bond acceptors (Lipinski definition) is 5. The van der Waals surface area contributed by atoms with E-state index in [4.69, 9.17) is 14.2 Å². The zero-order valence-corrected chi connectivity index (χ0v) is 11.8. The third-order valence-corrected chi connectivity index (χ3v) is 3.18. The molecule has 2 aliphatic rings. The number of hydrogen-bond donors (Lipinski definition) is 0. The standard InChI is InChI=1S/C15H18O5/c1-9-7-10(2)20-15(17)12-6-4-5-11(14(16)18-3)8-13(12)19-9/h4-6,8-10,12H,7H2,1-3H3/t9-,10+,12-/m0/s1. The van der Waals surface area contributed by atoms with Crippen LogP contribution in [-0.2, 0) is 23.8 Å². The largest absolute Gasteiger partial charge is 0.494 e. The highest BCUT2D eigenvalue weighted by Crippen LogP contribution is 2.27. The van der Waals surface area contributed by atoms with Crippen LogP contribution in [-0.4, -0.2) is 31.3 Å². The molecule has 1 heterocycles. The Balaban J connectivity index is 2.34. The number of cyclic esters (lactones) is 1. The van der Waals surface area contributed by atoms with Gasteiger partial charge in [0.05, 0.1) is 18.8 Å². The molecule has 0 saturated carbocycles. The molecule has 3 atom stereocenters. The minimum Gasteiger partial charge on any atom is -0.494 e. The molecular formula is C15H18O5. The summed E-state index contributed by atoms with van der Waals surface area (Å²) in [4.78, 5) is 23.7. The van der Waals surface area contributed by atoms with Crippen LogP contribution in [0.3, 0.4) is 0 Å². The minimum absolute atomic E-state index is 0.0998. The first kappa shape index (κ1) is 14.4. The average Bonchev–Trinajstić information content (AvgIpc) is 2.58. The second kappa shape index (κ2) is 5.94. The van der Waals surface area contributed by atoms with Gasteiger partial charge < -0.3 is 14.2 Å². The van der Waals surface area contributed by atoms with Crippen LogP contribution in [0.5, 0.6) is 0 Å². The second-order valence-electron chi connectivity index (χ2n) is 4.93. The molecule has 0 aromatic heterocycles. The number of esters is 2. The zero-order chi connectivity index (χ0) is 14.7. The molecule has 0 amide bonds. The van der Waals surface area contributed by atoms with Gasteiger partial charge in [-0.3, -0.25) is 4.79 Å². The van der Waals surface area contributed by atoms with E-state index in [1.165, 1.54) is 7.11 Å². The average molecular weight is 278 g/mol. The fraction of sp³-hybridized carbons (Fsp3) is 0.467. The molecule has 5 heteroatoms. The first-order chi connectivity index (χ1) is 9.51. The second-order valence-corrected chi connectivity index (χ2v) is 4.93. The van der Waals surface area contributed by atoms with Gasteiger partial charge in [-0.2, -0.15) is 0 Å². The Morgan fingerprint density at radius 3 is 2.70 bits per heavy atom. The van der Waals surface area contributed by atoms with Gasteiger partial charge in [-0.1, -0.05) is 12.2 Å². The molecule has 1 aliphatic carbocycles. The number of carbonyl (C=O) groups excluding carboxylic acids is 2. The van der Waals surface area contributed by atoms with Gasteiger partial charge in [-0.15, -0.1) is 0 Å². The third kappa shape index (κ3) is 3.10. The van der Waals surface area contributed by atoms with E-state index in [9.17, 15) is 9.59 Å². The van der Waals surface area contributed by atoms with E-state index in [-0.39, 0.29) is 18.2 Å². The fourth-order valence-electron chi connectivity index (χ4n) is 2.27. The van der Waals surface area contributed by atoms with Gasteiger partial charge in [0.15, 0.2) is 0 Å². The van der Waals surface area contributed by atoms with Crippen molar-refractivity contribution >= 4 is 11.9 Å². The Kier molecular flexibility index (Phi) is 4.27. The highest BCUT2D eigenvalue weighted by molar-refractivity contribution is 5.92. The highest BCUT2D eigenvalue weighted by Gasteiger charge is 2.31. The molecule has 0 N–H and O–H groups in total. The van der Waals surface area contributed by atoms with Crippen molar-refractivity contribution in [3.05, 3.63) is 35.6 Å². The van der Waals surface area contributed by atoms with Crippen molar-refractivity contribution in [1.82, 2.24) is 0 Å². The number of fused-ring (bicyclic) bond motifs is 1. The Bertz CT molecular complexity index is 500. The molecule has 0 unspecified atom stereocenters. The normalized spacial score (nSPS) is 29.6. The van der Waals surface area contributed by atoms with Crippen molar-refractivity contribution in [2.45, 2.75) is 32.5 Å².